The predicted molar refractivity (Wildman–Crippen MR) is 196 cm³/mol. The minimum absolute atomic E-state index is 0.0124. The Hall–Kier alpha value is -4.67. The molecule has 0 saturated carbocycles. The Morgan fingerprint density at radius 1 is 1.23 bits per heavy atom. The lowest BCUT2D eigenvalue weighted by molar-refractivity contribution is -0.117. The van der Waals surface area contributed by atoms with Crippen LogP contribution in [0.1, 0.15) is 69.6 Å². The normalized spacial score (nSPS) is 25.2. The molecule has 0 radical (unpaired) electrons. The van der Waals surface area contributed by atoms with Crippen molar-refractivity contribution in [1.29, 1.82) is 0 Å². The fourth-order valence-corrected chi connectivity index (χ4v) is 8.47. The van der Waals surface area contributed by atoms with Crippen molar-refractivity contribution in [3.05, 3.63) is 53.9 Å². The third-order valence-corrected chi connectivity index (χ3v) is 11.2. The minimum Gasteiger partial charge on any atom is -0.508 e. The molecule has 0 aliphatic carbocycles. The van der Waals surface area contributed by atoms with Crippen molar-refractivity contribution < 1.29 is 37.6 Å². The molecule has 7 rings (SSSR count). The number of halogens is 2. The molecule has 282 valence electrons. The molecule has 13 heteroatoms. The zero-order chi connectivity index (χ0) is 37.3. The second-order valence-corrected chi connectivity index (χ2v) is 14.8. The molecule has 2 aromatic carbocycles. The smallest absolute Gasteiger partial charge is 0.322 e. The summed E-state index contributed by atoms with van der Waals surface area (Å²) in [7, 11) is 0. The van der Waals surface area contributed by atoms with E-state index < -0.39 is 23.6 Å². The molecule has 11 nitrogen and oxygen atoms in total. The van der Waals surface area contributed by atoms with E-state index in [0.29, 0.717) is 67.2 Å². The quantitative estimate of drug-likeness (QED) is 0.212. The fraction of sp³-hybridized carbons (Fsp3) is 0.525. The van der Waals surface area contributed by atoms with E-state index in [0.717, 1.165) is 32.1 Å². The Bertz CT molecular complexity index is 1900. The Morgan fingerprint density at radius 3 is 2.79 bits per heavy atom. The number of ether oxygens (including phenoxy) is 4. The molecule has 3 aromatic rings. The van der Waals surface area contributed by atoms with Crippen molar-refractivity contribution in [2.45, 2.75) is 82.3 Å². The number of hydrogen-bond acceptors (Lipinski definition) is 10. The fourth-order valence-electron chi connectivity index (χ4n) is 8.47. The Kier molecular flexibility index (Phi) is 10.6. The number of carbonyl (C=O) groups excluding carboxylic acids is 1. The standard InChI is InChI=1S/C40H47F2N5O6/c1-5-30-32(42)11-10-25-17-29(48)18-31(35(25)30)33-22-51-36-37(46-14-8-7-9-27(21-46)43-34(49)6-2)44-39(45-38(36)53-33)52-23-40(24(3)4)19-26(41)20-47(40)28-12-15-50-16-13-28/h1,6,10-11,17-18,24,26-28,33,48H,2,7-9,12-16,19-23H2,3-4H3,(H,43,49)/t26-,27?,33?,40+/m1/s1. The van der Waals surface area contributed by atoms with Crippen LogP contribution in [0.5, 0.6) is 23.4 Å². The van der Waals surface area contributed by atoms with E-state index in [4.69, 9.17) is 35.3 Å². The number of anilines is 1. The number of phenols is 1. The van der Waals surface area contributed by atoms with Crippen molar-refractivity contribution in [2.75, 3.05) is 51.0 Å². The van der Waals surface area contributed by atoms with Gasteiger partial charge >= 0.3 is 6.01 Å². The second kappa shape index (κ2) is 15.4. The van der Waals surface area contributed by atoms with Crippen molar-refractivity contribution in [3.63, 3.8) is 0 Å². The van der Waals surface area contributed by atoms with Crippen molar-refractivity contribution in [3.8, 4) is 35.7 Å². The molecule has 1 aromatic heterocycles. The number of amides is 1. The van der Waals surface area contributed by atoms with Crippen molar-refractivity contribution in [1.82, 2.24) is 20.2 Å². The SMILES string of the molecule is C#Cc1c(F)ccc2cc(O)cc(C3COc4c(nc(OC[C@]5(C(C)C)C[C@@H](F)CN5C5CCOCC5)nc4N4CCCCC(NC(=O)C=C)C4)O3)c12. The summed E-state index contributed by atoms with van der Waals surface area (Å²) in [5.41, 5.74) is -0.125. The highest BCUT2D eigenvalue weighted by Gasteiger charge is 2.51. The highest BCUT2D eigenvalue weighted by atomic mass is 19.1. The number of hydrogen-bond donors (Lipinski definition) is 2. The average molecular weight is 732 g/mol. The lowest BCUT2D eigenvalue weighted by Gasteiger charge is -2.46. The molecule has 2 unspecified atom stereocenters. The molecule has 0 spiro atoms. The van der Waals surface area contributed by atoms with Gasteiger partial charge in [0.1, 0.15) is 31.0 Å². The molecular formula is C40H47F2N5O6. The number of carbonyl (C=O) groups is 1. The molecule has 4 aliphatic rings. The maximum absolute atomic E-state index is 15.4. The monoisotopic (exact) mass is 731 g/mol. The summed E-state index contributed by atoms with van der Waals surface area (Å²) in [6.07, 6.45) is 9.63. The van der Waals surface area contributed by atoms with E-state index in [1.807, 2.05) is 4.90 Å². The number of fused-ring (bicyclic) bond motifs is 2. The number of phenolic OH excluding ortho intramolecular Hbond substituents is 1. The van der Waals surface area contributed by atoms with Gasteiger partial charge < -0.3 is 34.3 Å². The summed E-state index contributed by atoms with van der Waals surface area (Å²) in [6, 6.07) is 5.86. The molecule has 3 saturated heterocycles. The molecular weight excluding hydrogens is 684 g/mol. The van der Waals surface area contributed by atoms with E-state index in [2.05, 4.69) is 36.6 Å². The molecule has 4 aliphatic heterocycles. The number of nitrogens with one attached hydrogen (secondary N) is 1. The third-order valence-electron chi connectivity index (χ3n) is 11.2. The lowest BCUT2D eigenvalue weighted by Crippen LogP contribution is -2.57. The Balaban J connectivity index is 1.27. The van der Waals surface area contributed by atoms with Crippen LogP contribution in [0.3, 0.4) is 0 Å². The molecule has 1 amide bonds. The summed E-state index contributed by atoms with van der Waals surface area (Å²) in [5, 5.41) is 14.7. The number of nitrogens with zero attached hydrogens (tertiary/aromatic N) is 4. The first-order valence-electron chi connectivity index (χ1n) is 18.5. The first-order chi connectivity index (χ1) is 25.6. The Labute approximate surface area is 308 Å². The maximum atomic E-state index is 15.4. The van der Waals surface area contributed by atoms with Gasteiger partial charge in [-0.3, -0.25) is 9.69 Å². The average Bonchev–Trinajstić information content (AvgIpc) is 3.34. The summed E-state index contributed by atoms with van der Waals surface area (Å²) < 4.78 is 55.4. The van der Waals surface area contributed by atoms with Crippen LogP contribution in [0.2, 0.25) is 0 Å². The second-order valence-electron chi connectivity index (χ2n) is 14.8. The van der Waals surface area contributed by atoms with Crippen molar-refractivity contribution in [2.24, 2.45) is 5.92 Å². The van der Waals surface area contributed by atoms with Gasteiger partial charge in [-0.15, -0.1) is 6.42 Å². The van der Waals surface area contributed by atoms with Gasteiger partial charge in [-0.1, -0.05) is 32.4 Å². The zero-order valence-electron chi connectivity index (χ0n) is 30.3. The Morgan fingerprint density at radius 2 is 2.04 bits per heavy atom. The summed E-state index contributed by atoms with van der Waals surface area (Å²) in [5.74, 6) is 2.47. The van der Waals surface area contributed by atoms with Gasteiger partial charge in [-0.2, -0.15) is 9.97 Å². The van der Waals surface area contributed by atoms with Crippen LogP contribution in [0.4, 0.5) is 14.6 Å². The number of terminal acetylenes is 1. The largest absolute Gasteiger partial charge is 0.508 e. The van der Waals surface area contributed by atoms with Gasteiger partial charge in [0.25, 0.3) is 5.88 Å². The third kappa shape index (κ3) is 7.31. The zero-order valence-corrected chi connectivity index (χ0v) is 30.3. The number of benzene rings is 2. The molecule has 4 atom stereocenters. The number of aromatic hydroxyl groups is 1. The van der Waals surface area contributed by atoms with E-state index in [-0.39, 0.29) is 60.3 Å². The summed E-state index contributed by atoms with van der Waals surface area (Å²) in [4.78, 5) is 26.2. The van der Waals surface area contributed by atoms with E-state index >= 15 is 4.39 Å². The predicted octanol–water partition coefficient (Wildman–Crippen LogP) is 5.63. The van der Waals surface area contributed by atoms with Gasteiger partial charge in [0.15, 0.2) is 11.9 Å². The first kappa shape index (κ1) is 36.7. The molecule has 3 fully saturated rings. The van der Waals surface area contributed by atoms with Crippen molar-refractivity contribution >= 4 is 22.5 Å². The maximum Gasteiger partial charge on any atom is 0.322 e. The number of aromatic nitrogens is 2. The van der Waals surface area contributed by atoms with Crippen LogP contribution in [0, 0.1) is 24.1 Å². The number of alkyl halides is 1. The highest BCUT2D eigenvalue weighted by Crippen LogP contribution is 2.46. The van der Waals surface area contributed by atoms with Crippen LogP contribution >= 0.6 is 0 Å². The lowest BCUT2D eigenvalue weighted by atomic mass is 9.83. The van der Waals surface area contributed by atoms with Crippen LogP contribution in [-0.2, 0) is 9.53 Å². The van der Waals surface area contributed by atoms with E-state index in [1.54, 1.807) is 6.07 Å². The van der Waals surface area contributed by atoms with Gasteiger partial charge in [-0.25, -0.2) is 8.78 Å². The summed E-state index contributed by atoms with van der Waals surface area (Å²) in [6.45, 7) is 10.6. The van der Waals surface area contributed by atoms with Gasteiger partial charge in [0.05, 0.1) is 11.1 Å². The topological polar surface area (TPSA) is 119 Å². The molecule has 2 N–H and O–H groups in total. The van der Waals surface area contributed by atoms with Crippen LogP contribution in [0.15, 0.2) is 36.9 Å². The number of likely N-dealkylation sites (tertiary alicyclic amines) is 1. The summed E-state index contributed by atoms with van der Waals surface area (Å²) >= 11 is 0. The van der Waals surface area contributed by atoms with Gasteiger partial charge in [0.2, 0.25) is 11.7 Å². The minimum atomic E-state index is -1.00. The van der Waals surface area contributed by atoms with Gasteiger partial charge in [-0.05, 0) is 67.7 Å². The van der Waals surface area contributed by atoms with Crippen LogP contribution in [0.25, 0.3) is 10.8 Å². The molecule has 5 heterocycles. The molecule has 0 bridgehead atoms. The van der Waals surface area contributed by atoms with Crippen LogP contribution < -0.4 is 24.4 Å². The van der Waals surface area contributed by atoms with E-state index in [9.17, 15) is 14.3 Å². The highest BCUT2D eigenvalue weighted by molar-refractivity contribution is 5.93. The molecule has 53 heavy (non-hydrogen) atoms. The number of rotatable bonds is 9. The van der Waals surface area contributed by atoms with E-state index in [1.165, 1.54) is 24.3 Å². The first-order valence-corrected chi connectivity index (χ1v) is 18.5. The van der Waals surface area contributed by atoms with Crippen LogP contribution in [-0.4, -0.2) is 95.7 Å². The van der Waals surface area contributed by atoms with Gasteiger partial charge in [0, 0.05) is 62.3 Å².